The van der Waals surface area contributed by atoms with Crippen LogP contribution in [0.2, 0.25) is 0 Å². The zero-order valence-corrected chi connectivity index (χ0v) is 47.8. The molecule has 0 spiro atoms. The van der Waals surface area contributed by atoms with Crippen molar-refractivity contribution in [3.05, 3.63) is 170 Å². The van der Waals surface area contributed by atoms with Gasteiger partial charge >= 0.3 is 0 Å². The number of hydrogen-bond donors (Lipinski definition) is 0. The molecule has 71 heavy (non-hydrogen) atoms. The fourth-order valence-corrected chi connectivity index (χ4v) is 11.1. The lowest BCUT2D eigenvalue weighted by molar-refractivity contribution is 0.199. The number of fused-ring (bicyclic) bond motifs is 6. The molecule has 0 fully saturated rings. The summed E-state index contributed by atoms with van der Waals surface area (Å²) in [7, 11) is -0.834. The molecule has 1 aliphatic carbocycles. The molecule has 0 aliphatic heterocycles. The Morgan fingerprint density at radius 1 is 0.465 bits per heavy atom. The van der Waals surface area contributed by atoms with Crippen LogP contribution in [0.15, 0.2) is 120 Å². The molecule has 1 aliphatic rings. The Morgan fingerprint density at radius 2 is 0.831 bits per heavy atom. The molecule has 5 heteroatoms. The van der Waals surface area contributed by atoms with Gasteiger partial charge in [-0.1, -0.05) is 213 Å². The number of aryl methyl sites for hydroxylation is 1. The molecule has 6 bridgehead atoms. The summed E-state index contributed by atoms with van der Waals surface area (Å²) in [6.07, 6.45) is 9.26. The number of rotatable bonds is 15. The fraction of sp³-hybridized carbons (Fsp3) is 0.485. The summed E-state index contributed by atoms with van der Waals surface area (Å²) in [6.45, 7) is 38.8. The van der Waals surface area contributed by atoms with Gasteiger partial charge in [-0.15, -0.1) is 0 Å². The Balaban J connectivity index is 1.74. The smallest absolute Gasteiger partial charge is 0.126 e. The number of allylic oxidation sites excluding steroid dienone is 4. The van der Waals surface area contributed by atoms with E-state index in [4.69, 9.17) is 18.9 Å². The minimum absolute atomic E-state index is 0.0322. The van der Waals surface area contributed by atoms with Gasteiger partial charge in [0, 0.05) is 25.7 Å². The molecule has 0 saturated carbocycles. The maximum Gasteiger partial charge on any atom is 0.126 e. The van der Waals surface area contributed by atoms with Crippen molar-refractivity contribution in [2.24, 2.45) is 5.41 Å². The van der Waals surface area contributed by atoms with Gasteiger partial charge in [0.1, 0.15) is 23.6 Å². The quantitative estimate of drug-likeness (QED) is 0.0980. The predicted octanol–water partition coefficient (Wildman–Crippen LogP) is 17.0. The van der Waals surface area contributed by atoms with Gasteiger partial charge < -0.3 is 18.9 Å². The van der Waals surface area contributed by atoms with Gasteiger partial charge in [-0.25, -0.2) is 0 Å². The van der Waals surface area contributed by atoms with Gasteiger partial charge in [0.25, 0.3) is 0 Å². The summed E-state index contributed by atoms with van der Waals surface area (Å²) in [4.78, 5) is 0. The predicted molar refractivity (Wildman–Crippen MR) is 306 cm³/mol. The van der Waals surface area contributed by atoms with Gasteiger partial charge in [0.2, 0.25) is 0 Å². The van der Waals surface area contributed by atoms with Crippen LogP contribution in [-0.2, 0) is 46.7 Å². The van der Waals surface area contributed by atoms with E-state index in [2.05, 4.69) is 214 Å². The Bertz CT molecular complexity index is 2570. The van der Waals surface area contributed by atoms with E-state index >= 15 is 0 Å². The fourth-order valence-electron chi connectivity index (χ4n) is 9.13. The first-order chi connectivity index (χ1) is 33.5. The van der Waals surface area contributed by atoms with Crippen LogP contribution in [-0.4, -0.2) is 26.2 Å². The van der Waals surface area contributed by atoms with E-state index < -0.39 is 7.92 Å². The van der Waals surface area contributed by atoms with E-state index in [1.807, 2.05) is 0 Å². The largest absolute Gasteiger partial charge is 0.498 e. The standard InChI is InChI=1S/C66H89O4P/c1-17-32-67-59-31-30-47-39-54(64(8,9)10)41-50(60(47)70-45-71(57-26-22-20-23-27-57)58-28-24-21-25-29-58)37-51-42-56(66(14,15)16)44-53(62(51)69-34-19-3)38-52-43-55(65(11,12)13)40-49(61(52)68-33-18-2)36-48(59)35-46(4)63(5,6)7/h20-29,35,39-44H,17-19,30-34,36-38,45H2,1-16H3/b46-35+,59-48-. The molecule has 5 aromatic rings. The molecule has 0 saturated heterocycles. The molecule has 0 N–H and O–H groups in total. The summed E-state index contributed by atoms with van der Waals surface area (Å²) < 4.78 is 28.7. The average molecular weight is 977 g/mol. The van der Waals surface area contributed by atoms with Crippen LogP contribution in [0.25, 0.3) is 0 Å². The maximum absolute atomic E-state index is 7.53. The van der Waals surface area contributed by atoms with Crippen molar-refractivity contribution in [1.82, 2.24) is 0 Å². The highest BCUT2D eigenvalue weighted by molar-refractivity contribution is 7.72. The van der Waals surface area contributed by atoms with Crippen molar-refractivity contribution >= 4 is 18.5 Å². The van der Waals surface area contributed by atoms with Gasteiger partial charge in [0.15, 0.2) is 0 Å². The van der Waals surface area contributed by atoms with Crippen LogP contribution in [0.4, 0.5) is 0 Å². The van der Waals surface area contributed by atoms with Crippen molar-refractivity contribution in [1.29, 1.82) is 0 Å². The second-order valence-electron chi connectivity index (χ2n) is 24.1. The SMILES string of the molecule is CCCO/C1=C(/C=C(\C)C(C)(C)C)Cc2cc(C(C)(C)C)cc(c2OCCC)Cc2cc(C(C)(C)C)cc(c2OCCC)Cc2cc(C(C)(C)C)cc(c2OCP(c2ccccc2)c2ccccc2)CC1. The Morgan fingerprint density at radius 3 is 1.21 bits per heavy atom. The molecule has 5 aromatic carbocycles. The van der Waals surface area contributed by atoms with Crippen molar-refractivity contribution in [3.8, 4) is 17.2 Å². The summed E-state index contributed by atoms with van der Waals surface area (Å²) in [6, 6.07) is 36.6. The summed E-state index contributed by atoms with van der Waals surface area (Å²) in [5.74, 6) is 4.02. The first-order valence-electron chi connectivity index (χ1n) is 26.8. The molecule has 4 nitrogen and oxygen atoms in total. The summed E-state index contributed by atoms with van der Waals surface area (Å²) in [5, 5.41) is 2.61. The van der Waals surface area contributed by atoms with Gasteiger partial charge in [0.05, 0.1) is 25.6 Å². The molecule has 0 radical (unpaired) electrons. The van der Waals surface area contributed by atoms with E-state index in [0.29, 0.717) is 45.4 Å². The van der Waals surface area contributed by atoms with Crippen molar-refractivity contribution < 1.29 is 18.9 Å². The van der Waals surface area contributed by atoms with Crippen LogP contribution in [0.3, 0.4) is 0 Å². The summed E-state index contributed by atoms with van der Waals surface area (Å²) in [5.41, 5.74) is 13.3. The molecule has 0 aromatic heterocycles. The van der Waals surface area contributed by atoms with E-state index in [-0.39, 0.29) is 21.7 Å². The van der Waals surface area contributed by atoms with Crippen LogP contribution < -0.4 is 24.8 Å². The zero-order valence-electron chi connectivity index (χ0n) is 46.9. The van der Waals surface area contributed by atoms with Crippen LogP contribution in [0.1, 0.15) is 187 Å². The highest BCUT2D eigenvalue weighted by Crippen LogP contribution is 2.44. The molecular weight excluding hydrogens is 888 g/mol. The summed E-state index contributed by atoms with van der Waals surface area (Å²) >= 11 is 0. The Labute approximate surface area is 432 Å². The van der Waals surface area contributed by atoms with Crippen LogP contribution in [0, 0.1) is 5.41 Å². The third-order valence-corrected chi connectivity index (χ3v) is 16.1. The van der Waals surface area contributed by atoms with Crippen molar-refractivity contribution in [3.63, 3.8) is 0 Å². The minimum atomic E-state index is -0.834. The topological polar surface area (TPSA) is 36.9 Å². The second kappa shape index (κ2) is 23.8. The highest BCUT2D eigenvalue weighted by Gasteiger charge is 2.29. The molecule has 6 rings (SSSR count). The second-order valence-corrected chi connectivity index (χ2v) is 26.2. The van der Waals surface area contributed by atoms with Crippen LogP contribution >= 0.6 is 7.92 Å². The van der Waals surface area contributed by atoms with E-state index in [9.17, 15) is 0 Å². The van der Waals surface area contributed by atoms with E-state index in [1.54, 1.807) is 0 Å². The van der Waals surface area contributed by atoms with E-state index in [1.165, 1.54) is 71.8 Å². The highest BCUT2D eigenvalue weighted by atomic mass is 31.1. The molecule has 382 valence electrons. The normalized spacial score (nSPS) is 15.2. The molecule has 0 amide bonds. The van der Waals surface area contributed by atoms with Crippen molar-refractivity contribution in [2.45, 2.75) is 178 Å². The van der Waals surface area contributed by atoms with Crippen LogP contribution in [0.5, 0.6) is 17.2 Å². The zero-order chi connectivity index (χ0) is 51.7. The lowest BCUT2D eigenvalue weighted by atomic mass is 9.80. The average Bonchev–Trinajstić information content (AvgIpc) is 3.30. The lowest BCUT2D eigenvalue weighted by Crippen LogP contribution is -2.19. The van der Waals surface area contributed by atoms with E-state index in [0.717, 1.165) is 55.1 Å². The van der Waals surface area contributed by atoms with Gasteiger partial charge in [-0.3, -0.25) is 0 Å². The van der Waals surface area contributed by atoms with Gasteiger partial charge in [-0.2, -0.15) is 0 Å². The third-order valence-electron chi connectivity index (χ3n) is 13.9. The Kier molecular flexibility index (Phi) is 18.6. The third kappa shape index (κ3) is 14.7. The Hall–Kier alpha value is -4.79. The number of hydrogen-bond acceptors (Lipinski definition) is 4. The lowest BCUT2D eigenvalue weighted by Gasteiger charge is -2.29. The first-order valence-corrected chi connectivity index (χ1v) is 28.3. The minimum Gasteiger partial charge on any atom is -0.498 e. The maximum atomic E-state index is 7.53. The van der Waals surface area contributed by atoms with Gasteiger partial charge in [-0.05, 0) is 128 Å². The number of benzene rings is 5. The molecule has 0 atom stereocenters. The monoisotopic (exact) mass is 977 g/mol. The van der Waals surface area contributed by atoms with Crippen molar-refractivity contribution in [2.75, 3.05) is 26.2 Å². The molecular formula is C66H89O4P. The molecule has 0 unspecified atom stereocenters. The molecule has 0 heterocycles. The first kappa shape index (κ1) is 55.5. The number of ether oxygens (including phenoxy) is 4.